The molecular formula is C12H18O3. The second kappa shape index (κ2) is 6.43. The van der Waals surface area contributed by atoms with Gasteiger partial charge in [0.15, 0.2) is 0 Å². The highest BCUT2D eigenvalue weighted by atomic mass is 16.5. The Kier molecular flexibility index (Phi) is 5.15. The first-order valence-electron chi connectivity index (χ1n) is 5.18. The number of aliphatic hydroxyl groups is 1. The third kappa shape index (κ3) is 4.32. The van der Waals surface area contributed by atoms with E-state index in [9.17, 15) is 0 Å². The van der Waals surface area contributed by atoms with E-state index in [4.69, 9.17) is 14.6 Å². The van der Waals surface area contributed by atoms with E-state index in [2.05, 4.69) is 0 Å². The van der Waals surface area contributed by atoms with Gasteiger partial charge < -0.3 is 14.6 Å². The summed E-state index contributed by atoms with van der Waals surface area (Å²) in [5.74, 6) is 0.791. The summed E-state index contributed by atoms with van der Waals surface area (Å²) >= 11 is 0. The van der Waals surface area contributed by atoms with E-state index >= 15 is 0 Å². The van der Waals surface area contributed by atoms with Crippen molar-refractivity contribution in [1.29, 1.82) is 0 Å². The number of aliphatic hydroxyl groups excluding tert-OH is 1. The van der Waals surface area contributed by atoms with E-state index in [1.165, 1.54) is 0 Å². The van der Waals surface area contributed by atoms with Crippen molar-refractivity contribution in [2.24, 2.45) is 0 Å². The van der Waals surface area contributed by atoms with E-state index in [1.807, 2.05) is 32.0 Å². The van der Waals surface area contributed by atoms with Gasteiger partial charge in [0.25, 0.3) is 0 Å². The molecular weight excluding hydrogens is 192 g/mol. The summed E-state index contributed by atoms with van der Waals surface area (Å²) in [4.78, 5) is 0. The van der Waals surface area contributed by atoms with Gasteiger partial charge in [-0.05, 0) is 37.1 Å². The van der Waals surface area contributed by atoms with Crippen LogP contribution in [0.25, 0.3) is 0 Å². The Morgan fingerprint density at radius 2 is 2.00 bits per heavy atom. The first-order valence-corrected chi connectivity index (χ1v) is 5.18. The van der Waals surface area contributed by atoms with Gasteiger partial charge in [-0.1, -0.05) is 6.07 Å². The predicted octanol–water partition coefficient (Wildman–Crippen LogP) is 1.90. The molecule has 0 radical (unpaired) electrons. The summed E-state index contributed by atoms with van der Waals surface area (Å²) in [6.07, 6.45) is 0. The highest BCUT2D eigenvalue weighted by Gasteiger charge is 1.98. The standard InChI is InChI=1S/C12H18O3/c1-3-14-4-5-15-12-7-10(2)6-11(8-12)9-13/h6-8,13H,3-5,9H2,1-2H3. The van der Waals surface area contributed by atoms with E-state index in [0.29, 0.717) is 19.8 Å². The minimum Gasteiger partial charge on any atom is -0.491 e. The molecule has 0 spiro atoms. The number of benzene rings is 1. The van der Waals surface area contributed by atoms with Gasteiger partial charge in [-0.25, -0.2) is 0 Å². The normalized spacial score (nSPS) is 10.3. The van der Waals surface area contributed by atoms with Crippen LogP contribution in [-0.4, -0.2) is 24.9 Å². The molecule has 15 heavy (non-hydrogen) atoms. The molecule has 0 aliphatic heterocycles. The molecule has 1 rings (SSSR count). The highest BCUT2D eigenvalue weighted by molar-refractivity contribution is 5.33. The third-order valence-corrected chi connectivity index (χ3v) is 1.99. The van der Waals surface area contributed by atoms with Crippen LogP contribution in [0.4, 0.5) is 0 Å². The molecule has 1 aromatic rings. The van der Waals surface area contributed by atoms with Crippen LogP contribution in [0.3, 0.4) is 0 Å². The maximum atomic E-state index is 9.02. The van der Waals surface area contributed by atoms with Gasteiger partial charge in [0.1, 0.15) is 12.4 Å². The molecule has 1 aromatic carbocycles. The zero-order valence-electron chi connectivity index (χ0n) is 9.32. The molecule has 0 aliphatic rings. The lowest BCUT2D eigenvalue weighted by Crippen LogP contribution is -2.06. The fourth-order valence-electron chi connectivity index (χ4n) is 1.36. The van der Waals surface area contributed by atoms with Crippen molar-refractivity contribution in [3.05, 3.63) is 29.3 Å². The van der Waals surface area contributed by atoms with Crippen LogP contribution < -0.4 is 4.74 Å². The van der Waals surface area contributed by atoms with Crippen molar-refractivity contribution in [3.63, 3.8) is 0 Å². The van der Waals surface area contributed by atoms with Crippen molar-refractivity contribution >= 4 is 0 Å². The SMILES string of the molecule is CCOCCOc1cc(C)cc(CO)c1. The summed E-state index contributed by atoms with van der Waals surface area (Å²) in [6, 6.07) is 5.74. The maximum absolute atomic E-state index is 9.02. The van der Waals surface area contributed by atoms with Crippen LogP contribution in [0.5, 0.6) is 5.75 Å². The molecule has 0 unspecified atom stereocenters. The van der Waals surface area contributed by atoms with Crippen molar-refractivity contribution in [1.82, 2.24) is 0 Å². The molecule has 3 heteroatoms. The molecule has 0 saturated heterocycles. The zero-order chi connectivity index (χ0) is 11.1. The number of aryl methyl sites for hydroxylation is 1. The lowest BCUT2D eigenvalue weighted by molar-refractivity contribution is 0.110. The first kappa shape index (κ1) is 12.0. The minimum atomic E-state index is 0.0451. The molecule has 0 aliphatic carbocycles. The summed E-state index contributed by atoms with van der Waals surface area (Å²) in [7, 11) is 0. The second-order valence-electron chi connectivity index (χ2n) is 3.36. The molecule has 0 amide bonds. The molecule has 0 fully saturated rings. The molecule has 0 heterocycles. The Morgan fingerprint density at radius 3 is 2.67 bits per heavy atom. The maximum Gasteiger partial charge on any atom is 0.120 e. The number of hydrogen-bond donors (Lipinski definition) is 1. The Bertz CT molecular complexity index is 297. The average Bonchev–Trinajstić information content (AvgIpc) is 2.23. The monoisotopic (exact) mass is 210 g/mol. The van der Waals surface area contributed by atoms with Gasteiger partial charge in [-0.15, -0.1) is 0 Å². The smallest absolute Gasteiger partial charge is 0.120 e. The Hall–Kier alpha value is -1.06. The molecule has 0 aromatic heterocycles. The quantitative estimate of drug-likeness (QED) is 0.729. The van der Waals surface area contributed by atoms with Crippen molar-refractivity contribution in [2.75, 3.05) is 19.8 Å². The Morgan fingerprint density at radius 1 is 1.20 bits per heavy atom. The van der Waals surface area contributed by atoms with E-state index < -0.39 is 0 Å². The molecule has 84 valence electrons. The van der Waals surface area contributed by atoms with Crippen LogP contribution in [0.1, 0.15) is 18.1 Å². The zero-order valence-corrected chi connectivity index (χ0v) is 9.32. The van der Waals surface area contributed by atoms with Gasteiger partial charge in [0.2, 0.25) is 0 Å². The predicted molar refractivity (Wildman–Crippen MR) is 59.1 cm³/mol. The third-order valence-electron chi connectivity index (χ3n) is 1.99. The lowest BCUT2D eigenvalue weighted by atomic mass is 10.1. The van der Waals surface area contributed by atoms with Gasteiger partial charge in [-0.2, -0.15) is 0 Å². The second-order valence-corrected chi connectivity index (χ2v) is 3.36. The minimum absolute atomic E-state index is 0.0451. The van der Waals surface area contributed by atoms with Crippen LogP contribution in [-0.2, 0) is 11.3 Å². The fourth-order valence-corrected chi connectivity index (χ4v) is 1.36. The summed E-state index contributed by atoms with van der Waals surface area (Å²) in [5, 5.41) is 9.02. The van der Waals surface area contributed by atoms with Crippen LogP contribution in [0, 0.1) is 6.92 Å². The highest BCUT2D eigenvalue weighted by Crippen LogP contribution is 2.16. The van der Waals surface area contributed by atoms with E-state index in [0.717, 1.165) is 16.9 Å². The summed E-state index contributed by atoms with van der Waals surface area (Å²) in [6.45, 7) is 5.83. The van der Waals surface area contributed by atoms with E-state index in [-0.39, 0.29) is 6.61 Å². The fraction of sp³-hybridized carbons (Fsp3) is 0.500. The summed E-state index contributed by atoms with van der Waals surface area (Å²) in [5.41, 5.74) is 1.97. The van der Waals surface area contributed by atoms with Gasteiger partial charge in [-0.3, -0.25) is 0 Å². The van der Waals surface area contributed by atoms with Crippen molar-refractivity contribution in [3.8, 4) is 5.75 Å². The molecule has 0 bridgehead atoms. The molecule has 3 nitrogen and oxygen atoms in total. The molecule has 0 saturated carbocycles. The lowest BCUT2D eigenvalue weighted by Gasteiger charge is -2.08. The number of hydrogen-bond acceptors (Lipinski definition) is 3. The van der Waals surface area contributed by atoms with Crippen molar-refractivity contribution < 1.29 is 14.6 Å². The average molecular weight is 210 g/mol. The number of ether oxygens (including phenoxy) is 2. The number of rotatable bonds is 6. The molecule has 1 N–H and O–H groups in total. The topological polar surface area (TPSA) is 38.7 Å². The van der Waals surface area contributed by atoms with Crippen molar-refractivity contribution in [2.45, 2.75) is 20.5 Å². The summed E-state index contributed by atoms with van der Waals surface area (Å²) < 4.78 is 10.7. The first-order chi connectivity index (χ1) is 7.26. The Balaban J connectivity index is 2.49. The molecule has 0 atom stereocenters. The van der Waals surface area contributed by atoms with E-state index in [1.54, 1.807) is 0 Å². The van der Waals surface area contributed by atoms with Gasteiger partial charge in [0.05, 0.1) is 13.2 Å². The van der Waals surface area contributed by atoms with Gasteiger partial charge >= 0.3 is 0 Å². The van der Waals surface area contributed by atoms with Gasteiger partial charge in [0, 0.05) is 6.61 Å². The Labute approximate surface area is 90.6 Å². The van der Waals surface area contributed by atoms with Crippen LogP contribution >= 0.6 is 0 Å². The van der Waals surface area contributed by atoms with Crippen LogP contribution in [0.15, 0.2) is 18.2 Å². The van der Waals surface area contributed by atoms with Crippen LogP contribution in [0.2, 0.25) is 0 Å². The largest absolute Gasteiger partial charge is 0.491 e.